The smallest absolute Gasteiger partial charge is 0.0969 e. The summed E-state index contributed by atoms with van der Waals surface area (Å²) >= 11 is 0. The molecular weight excluding hydrogens is 118 g/mol. The van der Waals surface area contributed by atoms with E-state index < -0.39 is 17.7 Å². The van der Waals surface area contributed by atoms with Crippen molar-refractivity contribution in [2.24, 2.45) is 5.73 Å². The first-order valence-electron chi connectivity index (χ1n) is 3.00. The van der Waals surface area contributed by atoms with Gasteiger partial charge in [-0.25, -0.2) is 0 Å². The van der Waals surface area contributed by atoms with Crippen molar-refractivity contribution in [1.82, 2.24) is 0 Å². The van der Waals surface area contributed by atoms with E-state index in [-0.39, 0.29) is 0 Å². The largest absolute Gasteiger partial charge is 0.391 e. The Kier molecular flexibility index (Phi) is 2.61. The first-order valence-corrected chi connectivity index (χ1v) is 3.00. The molecule has 3 nitrogen and oxygen atoms in total. The third-order valence-corrected chi connectivity index (χ3v) is 1.22. The molecule has 0 bridgehead atoms. The normalized spacial score (nSPS) is 19.3. The topological polar surface area (TPSA) is 66.5 Å². The average Bonchev–Trinajstić information content (AvgIpc) is 1.62. The van der Waals surface area contributed by atoms with Crippen LogP contribution in [0.2, 0.25) is 0 Å². The maximum atomic E-state index is 9.09. The maximum Gasteiger partial charge on any atom is 0.0969 e. The Morgan fingerprint density at radius 3 is 1.67 bits per heavy atom. The van der Waals surface area contributed by atoms with E-state index in [9.17, 15) is 0 Å². The molecule has 3 heteroatoms. The summed E-state index contributed by atoms with van der Waals surface area (Å²) in [6.45, 7) is 4.86. The minimum absolute atomic E-state index is 0.714. The summed E-state index contributed by atoms with van der Waals surface area (Å²) in [4.78, 5) is 0. The number of rotatable bonds is 2. The molecule has 0 radical (unpaired) electrons. The second-order valence-electron chi connectivity index (χ2n) is 3.01. The van der Waals surface area contributed by atoms with Crippen molar-refractivity contribution in [1.29, 1.82) is 0 Å². The molecule has 0 aromatic carbocycles. The average molecular weight is 133 g/mol. The fraction of sp³-hybridized carbons (Fsp3) is 1.00. The molecule has 56 valence electrons. The minimum Gasteiger partial charge on any atom is -0.391 e. The molecular formula is C6H15NO2. The Morgan fingerprint density at radius 2 is 1.67 bits per heavy atom. The lowest BCUT2D eigenvalue weighted by Crippen LogP contribution is -2.50. The predicted molar refractivity (Wildman–Crippen MR) is 36.0 cm³/mol. The summed E-state index contributed by atoms with van der Waals surface area (Å²) in [6.07, 6.45) is -1.61. The minimum atomic E-state index is -0.850. The summed E-state index contributed by atoms with van der Waals surface area (Å²) in [5.74, 6) is 0. The molecule has 0 fully saturated rings. The summed E-state index contributed by atoms with van der Waals surface area (Å²) in [6, 6.07) is 0. The van der Waals surface area contributed by atoms with E-state index in [0.29, 0.717) is 0 Å². The fourth-order valence-corrected chi connectivity index (χ4v) is 0.622. The number of nitrogens with two attached hydrogens (primary N) is 1. The fourth-order valence-electron chi connectivity index (χ4n) is 0.622. The monoisotopic (exact) mass is 133 g/mol. The molecule has 0 saturated heterocycles. The highest BCUT2D eigenvalue weighted by molar-refractivity contribution is 4.84. The summed E-state index contributed by atoms with van der Waals surface area (Å²) in [7, 11) is 0. The van der Waals surface area contributed by atoms with Crippen LogP contribution in [0.25, 0.3) is 0 Å². The lowest BCUT2D eigenvalue weighted by Gasteiger charge is -2.27. The lowest BCUT2D eigenvalue weighted by molar-refractivity contribution is -0.00862. The van der Waals surface area contributed by atoms with Crippen LogP contribution in [-0.2, 0) is 0 Å². The van der Waals surface area contributed by atoms with Crippen molar-refractivity contribution in [3.05, 3.63) is 0 Å². The van der Waals surface area contributed by atoms with Gasteiger partial charge in [-0.1, -0.05) is 0 Å². The molecule has 0 aromatic heterocycles. The van der Waals surface area contributed by atoms with Gasteiger partial charge in [0.1, 0.15) is 0 Å². The molecule has 4 N–H and O–H groups in total. The molecule has 2 atom stereocenters. The Morgan fingerprint density at radius 1 is 1.33 bits per heavy atom. The zero-order chi connectivity index (χ0) is 7.65. The van der Waals surface area contributed by atoms with Crippen LogP contribution in [0, 0.1) is 0 Å². The Hall–Kier alpha value is -0.120. The number of hydrogen-bond donors (Lipinski definition) is 3. The Labute approximate surface area is 55.5 Å². The summed E-state index contributed by atoms with van der Waals surface area (Å²) < 4.78 is 0. The van der Waals surface area contributed by atoms with Crippen molar-refractivity contribution in [2.75, 3.05) is 0 Å². The Bertz CT molecular complexity index is 85.5. The predicted octanol–water partition coefficient (Wildman–Crippen LogP) is -0.535. The van der Waals surface area contributed by atoms with Gasteiger partial charge < -0.3 is 15.9 Å². The Balaban J connectivity index is 3.88. The zero-order valence-electron chi connectivity index (χ0n) is 6.13. The van der Waals surface area contributed by atoms with Crippen LogP contribution in [-0.4, -0.2) is 28.0 Å². The van der Waals surface area contributed by atoms with Crippen LogP contribution in [0.3, 0.4) is 0 Å². The molecule has 0 aromatic rings. The quantitative estimate of drug-likeness (QED) is 0.474. The highest BCUT2D eigenvalue weighted by Gasteiger charge is 2.26. The SMILES string of the molecule is CC(O)C(O)C(C)(C)N. The van der Waals surface area contributed by atoms with Crippen molar-refractivity contribution >= 4 is 0 Å². The van der Waals surface area contributed by atoms with Crippen LogP contribution in [0.1, 0.15) is 20.8 Å². The van der Waals surface area contributed by atoms with E-state index in [4.69, 9.17) is 15.9 Å². The highest BCUT2D eigenvalue weighted by atomic mass is 16.3. The lowest BCUT2D eigenvalue weighted by atomic mass is 9.95. The van der Waals surface area contributed by atoms with Crippen LogP contribution in [0.4, 0.5) is 0 Å². The van der Waals surface area contributed by atoms with Gasteiger partial charge in [-0.2, -0.15) is 0 Å². The van der Waals surface area contributed by atoms with Crippen molar-refractivity contribution in [2.45, 2.75) is 38.5 Å². The van der Waals surface area contributed by atoms with Crippen LogP contribution >= 0.6 is 0 Å². The first-order chi connectivity index (χ1) is 3.85. The second kappa shape index (κ2) is 2.64. The van der Waals surface area contributed by atoms with E-state index in [1.165, 1.54) is 6.92 Å². The van der Waals surface area contributed by atoms with Gasteiger partial charge in [0.15, 0.2) is 0 Å². The molecule has 2 unspecified atom stereocenters. The number of hydrogen-bond acceptors (Lipinski definition) is 3. The molecule has 0 saturated carbocycles. The van der Waals surface area contributed by atoms with Crippen molar-refractivity contribution in [3.8, 4) is 0 Å². The second-order valence-corrected chi connectivity index (χ2v) is 3.01. The molecule has 0 aliphatic heterocycles. The van der Waals surface area contributed by atoms with Gasteiger partial charge in [0.2, 0.25) is 0 Å². The van der Waals surface area contributed by atoms with Gasteiger partial charge in [0.25, 0.3) is 0 Å². The van der Waals surface area contributed by atoms with Crippen molar-refractivity contribution < 1.29 is 10.2 Å². The third-order valence-electron chi connectivity index (χ3n) is 1.22. The van der Waals surface area contributed by atoms with Gasteiger partial charge in [0.05, 0.1) is 12.2 Å². The van der Waals surface area contributed by atoms with Crippen LogP contribution < -0.4 is 5.73 Å². The van der Waals surface area contributed by atoms with Crippen molar-refractivity contribution in [3.63, 3.8) is 0 Å². The number of aliphatic hydroxyl groups excluding tert-OH is 2. The highest BCUT2D eigenvalue weighted by Crippen LogP contribution is 2.07. The summed E-state index contributed by atoms with van der Waals surface area (Å²) in [5, 5.41) is 17.9. The molecule has 0 amide bonds. The van der Waals surface area contributed by atoms with E-state index in [1.807, 2.05) is 0 Å². The van der Waals surface area contributed by atoms with Crippen LogP contribution in [0.5, 0.6) is 0 Å². The molecule has 0 spiro atoms. The standard InChI is InChI=1S/C6H15NO2/c1-4(8)5(9)6(2,3)7/h4-5,8-9H,7H2,1-3H3. The van der Waals surface area contributed by atoms with Gasteiger partial charge in [-0.3, -0.25) is 0 Å². The number of aliphatic hydroxyl groups is 2. The molecule has 9 heavy (non-hydrogen) atoms. The van der Waals surface area contributed by atoms with Gasteiger partial charge in [-0.05, 0) is 20.8 Å². The van der Waals surface area contributed by atoms with Crippen LogP contribution in [0.15, 0.2) is 0 Å². The third kappa shape index (κ3) is 2.79. The summed E-state index contributed by atoms with van der Waals surface area (Å²) in [5.41, 5.74) is 4.76. The van der Waals surface area contributed by atoms with Gasteiger partial charge >= 0.3 is 0 Å². The zero-order valence-corrected chi connectivity index (χ0v) is 6.13. The molecule has 0 rings (SSSR count). The van der Waals surface area contributed by atoms with Gasteiger partial charge in [-0.15, -0.1) is 0 Å². The van der Waals surface area contributed by atoms with E-state index in [0.717, 1.165) is 0 Å². The molecule has 0 aliphatic carbocycles. The molecule has 0 aliphatic rings. The maximum absolute atomic E-state index is 9.09. The van der Waals surface area contributed by atoms with Gasteiger partial charge in [0, 0.05) is 5.54 Å². The van der Waals surface area contributed by atoms with E-state index >= 15 is 0 Å². The molecule has 0 heterocycles. The van der Waals surface area contributed by atoms with E-state index in [1.54, 1.807) is 13.8 Å². The first kappa shape index (κ1) is 8.88. The van der Waals surface area contributed by atoms with E-state index in [2.05, 4.69) is 0 Å².